The number of aryl methyl sites for hydroxylation is 1. The molecule has 1 aromatic carbocycles. The molecular formula is C16H18F2N2OS2. The molecule has 7 heteroatoms. The van der Waals surface area contributed by atoms with Crippen molar-refractivity contribution in [1.29, 1.82) is 0 Å². The van der Waals surface area contributed by atoms with Crippen LogP contribution in [0.25, 0.3) is 0 Å². The Morgan fingerprint density at radius 2 is 2.00 bits per heavy atom. The Hall–Kier alpha value is -1.60. The molecule has 1 heterocycles. The fourth-order valence-electron chi connectivity index (χ4n) is 2.00. The minimum atomic E-state index is -2.41. The first-order valence-electron chi connectivity index (χ1n) is 7.17. The van der Waals surface area contributed by atoms with Crippen molar-refractivity contribution >= 4 is 34.8 Å². The summed E-state index contributed by atoms with van der Waals surface area (Å²) in [7, 11) is 0. The molecule has 0 radical (unpaired) electrons. The van der Waals surface area contributed by atoms with Crippen LogP contribution in [0.1, 0.15) is 19.1 Å². The highest BCUT2D eigenvalue weighted by atomic mass is 32.2. The molecule has 3 nitrogen and oxygen atoms in total. The van der Waals surface area contributed by atoms with Gasteiger partial charge in [0, 0.05) is 23.0 Å². The van der Waals surface area contributed by atoms with Gasteiger partial charge in [0.15, 0.2) is 5.11 Å². The van der Waals surface area contributed by atoms with Gasteiger partial charge in [0.1, 0.15) is 5.76 Å². The number of hydrogen-bond acceptors (Lipinski definition) is 3. The van der Waals surface area contributed by atoms with Crippen LogP contribution >= 0.6 is 24.0 Å². The van der Waals surface area contributed by atoms with Crippen molar-refractivity contribution in [2.45, 2.75) is 36.5 Å². The van der Waals surface area contributed by atoms with E-state index in [-0.39, 0.29) is 6.04 Å². The number of benzene rings is 1. The number of thioether (sulfide) groups is 1. The van der Waals surface area contributed by atoms with E-state index >= 15 is 0 Å². The summed E-state index contributed by atoms with van der Waals surface area (Å²) in [5.41, 5.74) is 0.763. The number of hydrogen-bond donors (Lipinski definition) is 2. The van der Waals surface area contributed by atoms with Gasteiger partial charge in [-0.1, -0.05) is 11.8 Å². The summed E-state index contributed by atoms with van der Waals surface area (Å²) in [6.45, 7) is 2.04. The standard InChI is InChI=1S/C16H18F2N2OS2/c1-11(4-7-13-3-2-10-21-13)19-16(22)20-12-5-8-14(9-6-12)23-15(17)18/h2-3,5-6,8-11,15H,4,7H2,1H3,(H2,19,20,22)/t11-/m1/s1. The predicted octanol–water partition coefficient (Wildman–Crippen LogP) is 4.90. The average molecular weight is 356 g/mol. The molecule has 0 saturated carbocycles. The molecular weight excluding hydrogens is 338 g/mol. The van der Waals surface area contributed by atoms with E-state index in [1.165, 1.54) is 0 Å². The normalized spacial score (nSPS) is 12.2. The molecule has 0 aliphatic carbocycles. The lowest BCUT2D eigenvalue weighted by molar-refractivity contribution is 0.252. The molecule has 0 fully saturated rings. The van der Waals surface area contributed by atoms with Crippen molar-refractivity contribution in [2.75, 3.05) is 5.32 Å². The molecule has 23 heavy (non-hydrogen) atoms. The maximum atomic E-state index is 12.3. The van der Waals surface area contributed by atoms with E-state index in [1.807, 2.05) is 19.1 Å². The number of halogens is 2. The van der Waals surface area contributed by atoms with E-state index in [9.17, 15) is 8.78 Å². The predicted molar refractivity (Wildman–Crippen MR) is 94.2 cm³/mol. The molecule has 2 N–H and O–H groups in total. The highest BCUT2D eigenvalue weighted by molar-refractivity contribution is 7.99. The number of rotatable bonds is 7. The lowest BCUT2D eigenvalue weighted by Crippen LogP contribution is -2.36. The Bertz CT molecular complexity index is 603. The maximum Gasteiger partial charge on any atom is 0.288 e. The van der Waals surface area contributed by atoms with E-state index in [0.717, 1.165) is 24.3 Å². The summed E-state index contributed by atoms with van der Waals surface area (Å²) >= 11 is 5.78. The van der Waals surface area contributed by atoms with E-state index in [0.29, 0.717) is 21.8 Å². The van der Waals surface area contributed by atoms with Crippen molar-refractivity contribution in [1.82, 2.24) is 5.32 Å². The molecule has 0 unspecified atom stereocenters. The second kappa shape index (κ2) is 8.88. The maximum absolute atomic E-state index is 12.3. The lowest BCUT2D eigenvalue weighted by atomic mass is 10.1. The Morgan fingerprint density at radius 1 is 1.26 bits per heavy atom. The lowest BCUT2D eigenvalue weighted by Gasteiger charge is -2.16. The number of anilines is 1. The van der Waals surface area contributed by atoms with Gasteiger partial charge in [0.05, 0.1) is 6.26 Å². The Labute approximate surface area is 143 Å². The molecule has 1 aromatic heterocycles. The van der Waals surface area contributed by atoms with Gasteiger partial charge in [0.2, 0.25) is 0 Å². The number of alkyl halides is 2. The van der Waals surface area contributed by atoms with E-state index in [4.69, 9.17) is 16.6 Å². The third kappa shape index (κ3) is 6.58. The van der Waals surface area contributed by atoms with E-state index < -0.39 is 5.76 Å². The minimum absolute atomic E-state index is 0.189. The van der Waals surface area contributed by atoms with Gasteiger partial charge in [-0.05, 0) is 62.0 Å². The molecule has 0 aliphatic heterocycles. The SMILES string of the molecule is C[C@H](CCc1ccco1)NC(=S)Nc1ccc(SC(F)F)cc1. The fraction of sp³-hybridized carbons (Fsp3) is 0.312. The summed E-state index contributed by atoms with van der Waals surface area (Å²) in [6, 6.07) is 10.7. The van der Waals surface area contributed by atoms with Crippen LogP contribution in [0.15, 0.2) is 52.0 Å². The van der Waals surface area contributed by atoms with Crippen molar-refractivity contribution in [3.8, 4) is 0 Å². The van der Waals surface area contributed by atoms with Crippen LogP contribution < -0.4 is 10.6 Å². The molecule has 0 saturated heterocycles. The summed E-state index contributed by atoms with van der Waals surface area (Å²) in [6.07, 6.45) is 3.39. The summed E-state index contributed by atoms with van der Waals surface area (Å²) in [4.78, 5) is 0.524. The van der Waals surface area contributed by atoms with Crippen molar-refractivity contribution in [3.05, 3.63) is 48.4 Å². The molecule has 0 amide bonds. The molecule has 0 aliphatic rings. The summed E-state index contributed by atoms with van der Waals surface area (Å²) in [5.74, 6) is -1.46. The summed E-state index contributed by atoms with van der Waals surface area (Å²) < 4.78 is 29.8. The number of nitrogens with one attached hydrogen (secondary N) is 2. The number of furan rings is 1. The van der Waals surface area contributed by atoms with Gasteiger partial charge >= 0.3 is 0 Å². The molecule has 2 rings (SSSR count). The second-order valence-corrected chi connectivity index (χ2v) is 6.49. The Kier molecular flexibility index (Phi) is 6.85. The largest absolute Gasteiger partial charge is 0.469 e. The van der Waals surface area contributed by atoms with E-state index in [1.54, 1.807) is 30.5 Å². The van der Waals surface area contributed by atoms with Crippen LogP contribution in [0.5, 0.6) is 0 Å². The first kappa shape index (κ1) is 17.7. The minimum Gasteiger partial charge on any atom is -0.469 e. The summed E-state index contributed by atoms with van der Waals surface area (Å²) in [5, 5.41) is 6.74. The molecule has 2 aromatic rings. The van der Waals surface area contributed by atoms with Gasteiger partial charge in [-0.15, -0.1) is 0 Å². The Morgan fingerprint density at radius 3 is 2.61 bits per heavy atom. The highest BCUT2D eigenvalue weighted by Gasteiger charge is 2.07. The van der Waals surface area contributed by atoms with Gasteiger partial charge in [-0.25, -0.2) is 0 Å². The fourth-order valence-corrected chi connectivity index (χ4v) is 2.81. The van der Waals surface area contributed by atoms with E-state index in [2.05, 4.69) is 10.6 Å². The van der Waals surface area contributed by atoms with Crippen LogP contribution in [-0.4, -0.2) is 16.9 Å². The number of thiocarbonyl (C=S) groups is 1. The molecule has 124 valence electrons. The highest BCUT2D eigenvalue weighted by Crippen LogP contribution is 2.26. The third-order valence-corrected chi connectivity index (χ3v) is 4.06. The van der Waals surface area contributed by atoms with Crippen LogP contribution in [0.2, 0.25) is 0 Å². The zero-order chi connectivity index (χ0) is 16.7. The van der Waals surface area contributed by atoms with Crippen molar-refractivity contribution in [3.63, 3.8) is 0 Å². The molecule has 0 bridgehead atoms. The molecule has 0 spiro atoms. The smallest absolute Gasteiger partial charge is 0.288 e. The topological polar surface area (TPSA) is 37.2 Å². The first-order chi connectivity index (χ1) is 11.0. The molecule has 1 atom stereocenters. The van der Waals surface area contributed by atoms with Gasteiger partial charge < -0.3 is 15.1 Å². The second-order valence-electron chi connectivity index (χ2n) is 5.02. The third-order valence-electron chi connectivity index (χ3n) is 3.12. The monoisotopic (exact) mass is 356 g/mol. The average Bonchev–Trinajstić information content (AvgIpc) is 3.00. The van der Waals surface area contributed by atoms with Crippen molar-refractivity contribution in [2.24, 2.45) is 0 Å². The van der Waals surface area contributed by atoms with Crippen molar-refractivity contribution < 1.29 is 13.2 Å². The zero-order valence-corrected chi connectivity index (χ0v) is 14.2. The van der Waals surface area contributed by atoms with Gasteiger partial charge in [-0.3, -0.25) is 0 Å². The van der Waals surface area contributed by atoms with Crippen LogP contribution in [0.4, 0.5) is 14.5 Å². The quantitative estimate of drug-likeness (QED) is 0.545. The first-order valence-corrected chi connectivity index (χ1v) is 8.46. The van der Waals surface area contributed by atoms with Gasteiger partial charge in [0.25, 0.3) is 5.76 Å². The van der Waals surface area contributed by atoms with Crippen LogP contribution in [-0.2, 0) is 6.42 Å². The van der Waals surface area contributed by atoms with Crippen LogP contribution in [0.3, 0.4) is 0 Å². The zero-order valence-electron chi connectivity index (χ0n) is 12.6. The Balaban J connectivity index is 1.75. The van der Waals surface area contributed by atoms with Crippen LogP contribution in [0, 0.1) is 0 Å². The van der Waals surface area contributed by atoms with Gasteiger partial charge in [-0.2, -0.15) is 8.78 Å².